The highest BCUT2D eigenvalue weighted by Crippen LogP contribution is 2.22. The van der Waals surface area contributed by atoms with Gasteiger partial charge in [0.1, 0.15) is 0 Å². The number of aryl methyl sites for hydroxylation is 2. The van der Waals surface area contributed by atoms with Gasteiger partial charge in [0.2, 0.25) is 0 Å². The van der Waals surface area contributed by atoms with Gasteiger partial charge in [-0.05, 0) is 25.5 Å². The minimum Gasteiger partial charge on any atom is -0.478 e. The van der Waals surface area contributed by atoms with Crippen molar-refractivity contribution in [2.24, 2.45) is 0 Å². The molecule has 1 aromatic heterocycles. The summed E-state index contributed by atoms with van der Waals surface area (Å²) in [7, 11) is 0. The van der Waals surface area contributed by atoms with Crippen molar-refractivity contribution in [2.75, 3.05) is 0 Å². The number of benzene rings is 1. The molecular formula is C13H13NO2S. The van der Waals surface area contributed by atoms with Gasteiger partial charge in [0.25, 0.3) is 0 Å². The van der Waals surface area contributed by atoms with Gasteiger partial charge >= 0.3 is 5.97 Å². The summed E-state index contributed by atoms with van der Waals surface area (Å²) in [6, 6.07) is 7.11. The molecule has 4 heteroatoms. The summed E-state index contributed by atoms with van der Waals surface area (Å²) in [6.07, 6.45) is 0.639. The molecule has 0 aliphatic heterocycles. The van der Waals surface area contributed by atoms with Crippen LogP contribution in [0.5, 0.6) is 0 Å². The predicted molar refractivity (Wildman–Crippen MR) is 67.8 cm³/mol. The first kappa shape index (κ1) is 11.8. The molecular weight excluding hydrogens is 234 g/mol. The summed E-state index contributed by atoms with van der Waals surface area (Å²) in [5.74, 6) is -0.875. The number of carbonyl (C=O) groups is 1. The second-order valence-electron chi connectivity index (χ2n) is 3.88. The minimum absolute atomic E-state index is 0.373. The molecule has 0 unspecified atom stereocenters. The third-order valence-electron chi connectivity index (χ3n) is 2.60. The maximum atomic E-state index is 11.1. The molecule has 1 heterocycles. The quantitative estimate of drug-likeness (QED) is 0.906. The van der Waals surface area contributed by atoms with Crippen molar-refractivity contribution in [3.8, 4) is 0 Å². The van der Waals surface area contributed by atoms with E-state index in [1.165, 1.54) is 0 Å². The lowest BCUT2D eigenvalue weighted by Gasteiger charge is -2.04. The van der Waals surface area contributed by atoms with E-state index in [1.807, 2.05) is 26.0 Å². The molecule has 1 aromatic carbocycles. The number of carboxylic acid groups (broad SMARTS) is 1. The van der Waals surface area contributed by atoms with E-state index in [0.717, 1.165) is 21.1 Å². The fourth-order valence-electron chi connectivity index (χ4n) is 1.79. The summed E-state index contributed by atoms with van der Waals surface area (Å²) < 4.78 is 0. The van der Waals surface area contributed by atoms with Gasteiger partial charge in [-0.25, -0.2) is 9.78 Å². The summed E-state index contributed by atoms with van der Waals surface area (Å²) in [6.45, 7) is 3.92. The van der Waals surface area contributed by atoms with E-state index >= 15 is 0 Å². The highest BCUT2D eigenvalue weighted by atomic mass is 32.1. The van der Waals surface area contributed by atoms with Crippen LogP contribution in [0.2, 0.25) is 0 Å². The van der Waals surface area contributed by atoms with E-state index in [-0.39, 0.29) is 0 Å². The standard InChI is InChI=1S/C13H13NO2S/c1-8-12(17-9(2)14-8)7-10-5-3-4-6-11(10)13(15)16/h3-6H,7H2,1-2H3,(H,15,16). The molecule has 0 radical (unpaired) electrons. The molecule has 17 heavy (non-hydrogen) atoms. The van der Waals surface area contributed by atoms with Gasteiger partial charge in [-0.15, -0.1) is 11.3 Å². The lowest BCUT2D eigenvalue weighted by molar-refractivity contribution is 0.0696. The molecule has 0 fully saturated rings. The summed E-state index contributed by atoms with van der Waals surface area (Å²) in [5, 5.41) is 10.1. The van der Waals surface area contributed by atoms with E-state index in [2.05, 4.69) is 4.98 Å². The number of carboxylic acids is 1. The highest BCUT2D eigenvalue weighted by Gasteiger charge is 2.12. The number of aromatic carboxylic acids is 1. The Morgan fingerprint density at radius 1 is 1.35 bits per heavy atom. The lowest BCUT2D eigenvalue weighted by Crippen LogP contribution is -2.02. The van der Waals surface area contributed by atoms with Crippen molar-refractivity contribution < 1.29 is 9.90 Å². The SMILES string of the molecule is Cc1nc(C)c(Cc2ccccc2C(=O)O)s1. The molecule has 0 aliphatic rings. The fourth-order valence-corrected chi connectivity index (χ4v) is 2.75. The number of rotatable bonds is 3. The summed E-state index contributed by atoms with van der Waals surface area (Å²) >= 11 is 1.63. The van der Waals surface area contributed by atoms with Crippen molar-refractivity contribution >= 4 is 17.3 Å². The van der Waals surface area contributed by atoms with Gasteiger partial charge in [0.05, 0.1) is 16.3 Å². The molecule has 3 nitrogen and oxygen atoms in total. The van der Waals surface area contributed by atoms with E-state index in [1.54, 1.807) is 23.5 Å². The van der Waals surface area contributed by atoms with Crippen molar-refractivity contribution in [2.45, 2.75) is 20.3 Å². The Bertz CT molecular complexity index is 560. The van der Waals surface area contributed by atoms with Gasteiger partial charge in [-0.3, -0.25) is 0 Å². The average Bonchev–Trinajstić information content (AvgIpc) is 2.58. The molecule has 0 amide bonds. The van der Waals surface area contributed by atoms with Crippen LogP contribution in [-0.4, -0.2) is 16.1 Å². The Balaban J connectivity index is 2.36. The van der Waals surface area contributed by atoms with Crippen molar-refractivity contribution in [1.29, 1.82) is 0 Å². The van der Waals surface area contributed by atoms with Crippen LogP contribution in [0, 0.1) is 13.8 Å². The van der Waals surface area contributed by atoms with Crippen LogP contribution in [0.3, 0.4) is 0 Å². The predicted octanol–water partition coefficient (Wildman–Crippen LogP) is 3.05. The molecule has 0 bridgehead atoms. The van der Waals surface area contributed by atoms with E-state index < -0.39 is 5.97 Å². The van der Waals surface area contributed by atoms with Crippen LogP contribution in [0.25, 0.3) is 0 Å². The van der Waals surface area contributed by atoms with Gasteiger partial charge in [0.15, 0.2) is 0 Å². The van der Waals surface area contributed by atoms with Gasteiger partial charge in [-0.2, -0.15) is 0 Å². The molecule has 0 aliphatic carbocycles. The largest absolute Gasteiger partial charge is 0.478 e. The van der Waals surface area contributed by atoms with Crippen LogP contribution in [0.15, 0.2) is 24.3 Å². The van der Waals surface area contributed by atoms with Crippen LogP contribution in [0.1, 0.15) is 31.5 Å². The van der Waals surface area contributed by atoms with Crippen LogP contribution >= 0.6 is 11.3 Å². The highest BCUT2D eigenvalue weighted by molar-refractivity contribution is 7.11. The molecule has 0 spiro atoms. The maximum absolute atomic E-state index is 11.1. The fraction of sp³-hybridized carbons (Fsp3) is 0.231. The van der Waals surface area contributed by atoms with Gasteiger partial charge in [-0.1, -0.05) is 18.2 Å². The monoisotopic (exact) mass is 247 g/mol. The second kappa shape index (κ2) is 4.67. The van der Waals surface area contributed by atoms with E-state index in [9.17, 15) is 4.79 Å². The Hall–Kier alpha value is -1.68. The minimum atomic E-state index is -0.875. The third-order valence-corrected chi connectivity index (χ3v) is 3.67. The Morgan fingerprint density at radius 2 is 2.06 bits per heavy atom. The first-order valence-corrected chi connectivity index (χ1v) is 6.13. The van der Waals surface area contributed by atoms with E-state index in [4.69, 9.17) is 5.11 Å². The molecule has 0 saturated carbocycles. The number of hydrogen-bond acceptors (Lipinski definition) is 3. The van der Waals surface area contributed by atoms with Crippen molar-refractivity contribution in [3.63, 3.8) is 0 Å². The normalized spacial score (nSPS) is 10.5. The Labute approximate surface area is 104 Å². The van der Waals surface area contributed by atoms with Gasteiger partial charge in [0, 0.05) is 11.3 Å². The zero-order chi connectivity index (χ0) is 12.4. The number of hydrogen-bond donors (Lipinski definition) is 1. The van der Waals surface area contributed by atoms with Gasteiger partial charge < -0.3 is 5.11 Å². The van der Waals surface area contributed by atoms with Crippen LogP contribution < -0.4 is 0 Å². The van der Waals surface area contributed by atoms with E-state index in [0.29, 0.717) is 12.0 Å². The average molecular weight is 247 g/mol. The maximum Gasteiger partial charge on any atom is 0.335 e. The van der Waals surface area contributed by atoms with Crippen LogP contribution in [-0.2, 0) is 6.42 Å². The number of aromatic nitrogens is 1. The molecule has 0 saturated heterocycles. The molecule has 2 aromatic rings. The third kappa shape index (κ3) is 2.53. The first-order chi connectivity index (χ1) is 8.08. The number of thiazole rings is 1. The van der Waals surface area contributed by atoms with Crippen molar-refractivity contribution in [3.05, 3.63) is 51.0 Å². The molecule has 2 rings (SSSR count). The second-order valence-corrected chi connectivity index (χ2v) is 5.17. The smallest absolute Gasteiger partial charge is 0.335 e. The molecule has 88 valence electrons. The number of nitrogens with zero attached hydrogens (tertiary/aromatic N) is 1. The first-order valence-electron chi connectivity index (χ1n) is 5.32. The summed E-state index contributed by atoms with van der Waals surface area (Å²) in [5.41, 5.74) is 2.21. The zero-order valence-corrected chi connectivity index (χ0v) is 10.5. The lowest BCUT2D eigenvalue weighted by atomic mass is 10.0. The Morgan fingerprint density at radius 3 is 2.65 bits per heavy atom. The van der Waals surface area contributed by atoms with Crippen LogP contribution in [0.4, 0.5) is 0 Å². The topological polar surface area (TPSA) is 50.2 Å². The molecule has 0 atom stereocenters. The Kier molecular flexibility index (Phi) is 3.24. The summed E-state index contributed by atoms with van der Waals surface area (Å²) in [4.78, 5) is 16.6. The zero-order valence-electron chi connectivity index (χ0n) is 9.73. The van der Waals surface area contributed by atoms with Crippen molar-refractivity contribution in [1.82, 2.24) is 4.98 Å². The molecule has 1 N–H and O–H groups in total.